The number of benzene rings is 1. The molecule has 0 saturated heterocycles. The van der Waals surface area contributed by atoms with Crippen LogP contribution in [0.2, 0.25) is 0 Å². The van der Waals surface area contributed by atoms with Crippen LogP contribution in [0.15, 0.2) is 40.8 Å². The molecule has 1 aromatic carbocycles. The summed E-state index contributed by atoms with van der Waals surface area (Å²) in [5.41, 5.74) is 2.01. The summed E-state index contributed by atoms with van der Waals surface area (Å²) >= 11 is 1.30. The lowest BCUT2D eigenvalue weighted by atomic mass is 10.1. The van der Waals surface area contributed by atoms with Crippen LogP contribution in [0, 0.1) is 19.8 Å². The smallest absolute Gasteiger partial charge is 0.267 e. The average molecular weight is 398 g/mol. The Balaban J connectivity index is 1.66. The number of amides is 2. The van der Waals surface area contributed by atoms with E-state index in [1.54, 1.807) is 31.2 Å². The minimum Gasteiger partial charge on any atom is -0.459 e. The minimum absolute atomic E-state index is 0.0206. The number of nitrogens with one attached hydrogen (secondary N) is 2. The predicted octanol–water partition coefficient (Wildman–Crippen LogP) is 5.26. The van der Waals surface area contributed by atoms with Crippen LogP contribution in [-0.4, -0.2) is 16.8 Å². The normalized spacial score (nSPS) is 10.9. The molecule has 0 saturated carbocycles. The van der Waals surface area contributed by atoms with Crippen LogP contribution in [-0.2, 0) is 4.79 Å². The summed E-state index contributed by atoms with van der Waals surface area (Å²) in [7, 11) is 0. The highest BCUT2D eigenvalue weighted by atomic mass is 32.1. The van der Waals surface area contributed by atoms with E-state index in [2.05, 4.69) is 15.6 Å². The highest BCUT2D eigenvalue weighted by Crippen LogP contribution is 2.30. The maximum absolute atomic E-state index is 12.6. The zero-order valence-corrected chi connectivity index (χ0v) is 17.1. The topological polar surface area (TPSA) is 84.2 Å². The molecule has 2 heterocycles. The molecule has 0 aliphatic carbocycles. The molecule has 0 bridgehead atoms. The number of hydrogen-bond acceptors (Lipinski definition) is 5. The Morgan fingerprint density at radius 1 is 1.04 bits per heavy atom. The number of hydrogen-bond donors (Lipinski definition) is 2. The first-order valence-corrected chi connectivity index (χ1v) is 9.89. The van der Waals surface area contributed by atoms with Gasteiger partial charge in [-0.1, -0.05) is 13.8 Å². The van der Waals surface area contributed by atoms with Crippen molar-refractivity contribution in [3.63, 3.8) is 0 Å². The number of rotatable bonds is 6. The molecular formula is C21H23N3O3S. The third kappa shape index (κ3) is 4.86. The van der Waals surface area contributed by atoms with E-state index in [1.807, 2.05) is 32.9 Å². The zero-order chi connectivity index (χ0) is 20.3. The molecule has 0 aliphatic heterocycles. The van der Waals surface area contributed by atoms with Gasteiger partial charge in [-0.05, 0) is 56.2 Å². The van der Waals surface area contributed by atoms with Gasteiger partial charge in [0.1, 0.15) is 10.6 Å². The molecule has 0 atom stereocenters. The summed E-state index contributed by atoms with van der Waals surface area (Å²) < 4.78 is 5.59. The number of nitrogens with zero attached hydrogens (tertiary/aromatic N) is 1. The van der Waals surface area contributed by atoms with Crippen molar-refractivity contribution in [1.82, 2.24) is 4.98 Å². The first-order valence-electron chi connectivity index (χ1n) is 9.07. The van der Waals surface area contributed by atoms with E-state index in [1.165, 1.54) is 11.3 Å². The fourth-order valence-electron chi connectivity index (χ4n) is 2.67. The number of aryl methyl sites for hydroxylation is 2. The van der Waals surface area contributed by atoms with Crippen LogP contribution >= 0.6 is 11.3 Å². The highest BCUT2D eigenvalue weighted by molar-refractivity contribution is 7.17. The Morgan fingerprint density at radius 2 is 1.68 bits per heavy atom. The van der Waals surface area contributed by atoms with E-state index in [0.29, 0.717) is 45.1 Å². The molecule has 2 N–H and O–H groups in total. The summed E-state index contributed by atoms with van der Waals surface area (Å²) in [6.07, 6.45) is 0.473. The Morgan fingerprint density at radius 3 is 2.25 bits per heavy atom. The summed E-state index contributed by atoms with van der Waals surface area (Å²) in [5, 5.41) is 6.40. The van der Waals surface area contributed by atoms with Crippen molar-refractivity contribution in [1.29, 1.82) is 0 Å². The number of carbonyl (C=O) groups is 2. The fourth-order valence-corrected chi connectivity index (χ4v) is 3.59. The summed E-state index contributed by atoms with van der Waals surface area (Å²) in [5.74, 6) is 1.52. The van der Waals surface area contributed by atoms with Crippen LogP contribution in [0.1, 0.15) is 41.4 Å². The van der Waals surface area contributed by atoms with E-state index in [9.17, 15) is 9.59 Å². The van der Waals surface area contributed by atoms with Gasteiger partial charge in [0.05, 0.1) is 5.69 Å². The van der Waals surface area contributed by atoms with Gasteiger partial charge in [-0.3, -0.25) is 9.59 Å². The van der Waals surface area contributed by atoms with Crippen LogP contribution in [0.4, 0.5) is 11.4 Å². The lowest BCUT2D eigenvalue weighted by Crippen LogP contribution is -2.14. The molecular weight excluding hydrogens is 374 g/mol. The van der Waals surface area contributed by atoms with Crippen molar-refractivity contribution in [2.75, 3.05) is 10.6 Å². The Hall–Kier alpha value is -2.93. The largest absolute Gasteiger partial charge is 0.459 e. The Labute approximate surface area is 168 Å². The van der Waals surface area contributed by atoms with Crippen molar-refractivity contribution >= 4 is 34.5 Å². The molecule has 6 nitrogen and oxygen atoms in total. The molecule has 0 fully saturated rings. The number of aromatic nitrogens is 1. The Kier molecular flexibility index (Phi) is 5.94. The van der Waals surface area contributed by atoms with Crippen molar-refractivity contribution in [2.24, 2.45) is 5.92 Å². The average Bonchev–Trinajstić information content (AvgIpc) is 3.21. The molecule has 3 rings (SSSR count). The first-order chi connectivity index (χ1) is 13.3. The maximum Gasteiger partial charge on any atom is 0.267 e. The third-order valence-electron chi connectivity index (χ3n) is 3.97. The third-order valence-corrected chi connectivity index (χ3v) is 5.14. The van der Waals surface area contributed by atoms with Gasteiger partial charge in [-0.25, -0.2) is 4.98 Å². The molecule has 28 heavy (non-hydrogen) atoms. The molecule has 2 amide bonds. The standard InChI is InChI=1S/C21H23N3O3S/c1-12(2)11-18(25)23-15-6-8-16(9-7-15)24-20(26)19-14(4)22-21(28-19)17-10-5-13(3)27-17/h5-10,12H,11H2,1-4H3,(H,23,25)(H,24,26). The number of carbonyl (C=O) groups excluding carboxylic acids is 2. The molecule has 0 aliphatic rings. The van der Waals surface area contributed by atoms with Gasteiger partial charge in [-0.15, -0.1) is 11.3 Å². The molecule has 0 spiro atoms. The van der Waals surface area contributed by atoms with Gasteiger partial charge in [0.2, 0.25) is 5.91 Å². The second-order valence-corrected chi connectivity index (χ2v) is 8.02. The molecule has 7 heteroatoms. The van der Waals surface area contributed by atoms with Crippen LogP contribution < -0.4 is 10.6 Å². The number of anilines is 2. The lowest BCUT2D eigenvalue weighted by molar-refractivity contribution is -0.116. The van der Waals surface area contributed by atoms with Crippen molar-refractivity contribution in [3.8, 4) is 10.8 Å². The van der Waals surface area contributed by atoms with E-state index < -0.39 is 0 Å². The van der Waals surface area contributed by atoms with Gasteiger partial charge in [0.15, 0.2) is 10.8 Å². The lowest BCUT2D eigenvalue weighted by Gasteiger charge is -2.08. The highest BCUT2D eigenvalue weighted by Gasteiger charge is 2.18. The van der Waals surface area contributed by atoms with E-state index in [0.717, 1.165) is 5.76 Å². The fraction of sp³-hybridized carbons (Fsp3) is 0.286. The van der Waals surface area contributed by atoms with Crippen molar-refractivity contribution in [3.05, 3.63) is 52.7 Å². The van der Waals surface area contributed by atoms with Crippen LogP contribution in [0.25, 0.3) is 10.8 Å². The van der Waals surface area contributed by atoms with Gasteiger partial charge in [-0.2, -0.15) is 0 Å². The summed E-state index contributed by atoms with van der Waals surface area (Å²) in [6, 6.07) is 10.8. The van der Waals surface area contributed by atoms with Gasteiger partial charge in [0.25, 0.3) is 5.91 Å². The maximum atomic E-state index is 12.6. The number of furan rings is 1. The molecule has 2 aromatic heterocycles. The molecule has 0 radical (unpaired) electrons. The number of thiazole rings is 1. The predicted molar refractivity (Wildman–Crippen MR) is 112 cm³/mol. The van der Waals surface area contributed by atoms with E-state index in [-0.39, 0.29) is 11.8 Å². The molecule has 0 unspecified atom stereocenters. The minimum atomic E-state index is -0.221. The molecule has 3 aromatic rings. The zero-order valence-electron chi connectivity index (χ0n) is 16.3. The van der Waals surface area contributed by atoms with Gasteiger partial charge < -0.3 is 15.1 Å². The van der Waals surface area contributed by atoms with Gasteiger partial charge >= 0.3 is 0 Å². The molecule has 146 valence electrons. The van der Waals surface area contributed by atoms with Gasteiger partial charge in [0, 0.05) is 17.8 Å². The van der Waals surface area contributed by atoms with E-state index in [4.69, 9.17) is 4.42 Å². The first kappa shape index (κ1) is 19.8. The summed E-state index contributed by atoms with van der Waals surface area (Å²) in [4.78, 5) is 29.4. The monoisotopic (exact) mass is 397 g/mol. The quantitative estimate of drug-likeness (QED) is 0.594. The Bertz CT molecular complexity index is 987. The van der Waals surface area contributed by atoms with Crippen LogP contribution in [0.5, 0.6) is 0 Å². The van der Waals surface area contributed by atoms with Crippen LogP contribution in [0.3, 0.4) is 0 Å². The SMILES string of the molecule is Cc1ccc(-c2nc(C)c(C(=O)Nc3ccc(NC(=O)CC(C)C)cc3)s2)o1. The summed E-state index contributed by atoms with van der Waals surface area (Å²) in [6.45, 7) is 7.67. The second-order valence-electron chi connectivity index (χ2n) is 7.02. The van der Waals surface area contributed by atoms with Crippen molar-refractivity contribution < 1.29 is 14.0 Å². The van der Waals surface area contributed by atoms with E-state index >= 15 is 0 Å². The second kappa shape index (κ2) is 8.39. The van der Waals surface area contributed by atoms with Crippen molar-refractivity contribution in [2.45, 2.75) is 34.1 Å².